The molecule has 1 aromatic carbocycles. The molecule has 0 atom stereocenters. The van der Waals surface area contributed by atoms with Gasteiger partial charge in [0.2, 0.25) is 0 Å². The van der Waals surface area contributed by atoms with Crippen molar-refractivity contribution in [3.63, 3.8) is 0 Å². The molecule has 0 saturated heterocycles. The molecular weight excluding hydrogens is 259 g/mol. The Hall–Kier alpha value is -0.970. The van der Waals surface area contributed by atoms with Gasteiger partial charge in [-0.15, -0.1) is 11.3 Å². The minimum Gasteiger partial charge on any atom is -0.326 e. The Bertz CT molecular complexity index is 498. The maximum absolute atomic E-state index is 13.7. The molecular formula is C12H12ClFN2S. The second-order valence-electron chi connectivity index (χ2n) is 3.54. The van der Waals surface area contributed by atoms with Gasteiger partial charge in [0, 0.05) is 11.4 Å². The Morgan fingerprint density at radius 2 is 2.24 bits per heavy atom. The molecule has 0 unspecified atom stereocenters. The molecule has 0 radical (unpaired) electrons. The molecule has 0 bridgehead atoms. The van der Waals surface area contributed by atoms with Crippen molar-refractivity contribution < 1.29 is 4.39 Å². The Morgan fingerprint density at radius 1 is 1.47 bits per heavy atom. The predicted molar refractivity (Wildman–Crippen MR) is 69.8 cm³/mol. The molecule has 0 saturated carbocycles. The Morgan fingerprint density at radius 3 is 2.76 bits per heavy atom. The Labute approximate surface area is 108 Å². The van der Waals surface area contributed by atoms with Crippen LogP contribution in [-0.4, -0.2) is 4.98 Å². The van der Waals surface area contributed by atoms with Gasteiger partial charge in [0.05, 0.1) is 16.3 Å². The van der Waals surface area contributed by atoms with Crippen molar-refractivity contribution in [1.29, 1.82) is 0 Å². The van der Waals surface area contributed by atoms with Crippen LogP contribution in [0.5, 0.6) is 0 Å². The quantitative estimate of drug-likeness (QED) is 0.925. The Kier molecular flexibility index (Phi) is 3.76. The third-order valence-corrected chi connectivity index (χ3v) is 3.93. The van der Waals surface area contributed by atoms with Gasteiger partial charge in [-0.3, -0.25) is 0 Å². The smallest absolute Gasteiger partial charge is 0.134 e. The van der Waals surface area contributed by atoms with Crippen LogP contribution in [0.2, 0.25) is 5.02 Å². The number of halogens is 2. The lowest BCUT2D eigenvalue weighted by Crippen LogP contribution is -1.96. The van der Waals surface area contributed by atoms with Crippen molar-refractivity contribution in [2.75, 3.05) is 0 Å². The first-order valence-corrected chi connectivity index (χ1v) is 6.49. The normalized spacial score (nSPS) is 10.8. The highest BCUT2D eigenvalue weighted by Crippen LogP contribution is 2.34. The number of aromatic nitrogens is 1. The average molecular weight is 271 g/mol. The summed E-state index contributed by atoms with van der Waals surface area (Å²) in [6.45, 7) is 2.42. The zero-order chi connectivity index (χ0) is 12.4. The molecule has 2 nitrogen and oxygen atoms in total. The third-order valence-electron chi connectivity index (χ3n) is 2.48. The molecule has 90 valence electrons. The molecule has 0 fully saturated rings. The molecule has 2 aromatic rings. The molecule has 2 N–H and O–H groups in total. The average Bonchev–Trinajstić information content (AvgIpc) is 2.72. The number of rotatable bonds is 3. The standard InChI is InChI=1S/C12H12ClFN2S/c1-2-9-10(6-15)17-12(16-9)11-7(13)4-3-5-8(11)14/h3-5H,2,6,15H2,1H3. The predicted octanol–water partition coefficient (Wildman–Crippen LogP) is 3.62. The van der Waals surface area contributed by atoms with E-state index < -0.39 is 0 Å². The lowest BCUT2D eigenvalue weighted by Gasteiger charge is -2.01. The summed E-state index contributed by atoms with van der Waals surface area (Å²) in [5.41, 5.74) is 6.93. The fraction of sp³-hybridized carbons (Fsp3) is 0.250. The van der Waals surface area contributed by atoms with Crippen molar-refractivity contribution in [3.05, 3.63) is 39.6 Å². The van der Waals surface area contributed by atoms with Gasteiger partial charge in [0.1, 0.15) is 10.8 Å². The summed E-state index contributed by atoms with van der Waals surface area (Å²) in [6, 6.07) is 4.63. The van der Waals surface area contributed by atoms with Gasteiger partial charge in [-0.1, -0.05) is 24.6 Å². The molecule has 5 heteroatoms. The van der Waals surface area contributed by atoms with E-state index in [2.05, 4.69) is 4.98 Å². The highest BCUT2D eigenvalue weighted by Gasteiger charge is 2.16. The van der Waals surface area contributed by atoms with Crippen LogP contribution in [0.3, 0.4) is 0 Å². The van der Waals surface area contributed by atoms with E-state index in [1.807, 2.05) is 6.92 Å². The van der Waals surface area contributed by atoms with Crippen molar-refractivity contribution in [2.24, 2.45) is 5.73 Å². The zero-order valence-corrected chi connectivity index (χ0v) is 10.9. The third kappa shape index (κ3) is 2.34. The summed E-state index contributed by atoms with van der Waals surface area (Å²) in [5, 5.41) is 0.982. The molecule has 17 heavy (non-hydrogen) atoms. The number of benzene rings is 1. The van der Waals surface area contributed by atoms with E-state index in [1.54, 1.807) is 12.1 Å². The minimum atomic E-state index is -0.350. The van der Waals surface area contributed by atoms with E-state index in [1.165, 1.54) is 17.4 Å². The fourth-order valence-electron chi connectivity index (χ4n) is 1.63. The monoisotopic (exact) mass is 270 g/mol. The number of nitrogens with zero attached hydrogens (tertiary/aromatic N) is 1. The van der Waals surface area contributed by atoms with Gasteiger partial charge < -0.3 is 5.73 Å². The highest BCUT2D eigenvalue weighted by molar-refractivity contribution is 7.15. The van der Waals surface area contributed by atoms with Crippen LogP contribution in [0, 0.1) is 5.82 Å². The van der Waals surface area contributed by atoms with Crippen molar-refractivity contribution in [3.8, 4) is 10.6 Å². The molecule has 1 aromatic heterocycles. The van der Waals surface area contributed by atoms with Gasteiger partial charge >= 0.3 is 0 Å². The van der Waals surface area contributed by atoms with Crippen molar-refractivity contribution in [1.82, 2.24) is 4.98 Å². The first-order valence-electron chi connectivity index (χ1n) is 5.30. The number of hydrogen-bond donors (Lipinski definition) is 1. The van der Waals surface area contributed by atoms with Crippen molar-refractivity contribution in [2.45, 2.75) is 19.9 Å². The van der Waals surface area contributed by atoms with Crippen LogP contribution in [0.25, 0.3) is 10.6 Å². The van der Waals surface area contributed by atoms with Crippen LogP contribution in [0.15, 0.2) is 18.2 Å². The van der Waals surface area contributed by atoms with Crippen LogP contribution in [0.4, 0.5) is 4.39 Å². The van der Waals surface area contributed by atoms with Gasteiger partial charge in [-0.05, 0) is 18.6 Å². The SMILES string of the molecule is CCc1nc(-c2c(F)cccc2Cl)sc1CN. The second-order valence-corrected chi connectivity index (χ2v) is 5.03. The fourth-order valence-corrected chi connectivity index (χ4v) is 3.03. The van der Waals surface area contributed by atoms with E-state index in [0.717, 1.165) is 17.0 Å². The van der Waals surface area contributed by atoms with Crippen LogP contribution in [-0.2, 0) is 13.0 Å². The van der Waals surface area contributed by atoms with Gasteiger partial charge in [-0.2, -0.15) is 0 Å². The van der Waals surface area contributed by atoms with E-state index in [-0.39, 0.29) is 5.82 Å². The van der Waals surface area contributed by atoms with Crippen LogP contribution >= 0.6 is 22.9 Å². The second kappa shape index (κ2) is 5.12. The lowest BCUT2D eigenvalue weighted by molar-refractivity contribution is 0.631. The number of thiazole rings is 1. The molecule has 0 aliphatic rings. The molecule has 2 rings (SSSR count). The minimum absolute atomic E-state index is 0.350. The van der Waals surface area contributed by atoms with E-state index in [9.17, 15) is 4.39 Å². The zero-order valence-electron chi connectivity index (χ0n) is 9.34. The molecule has 1 heterocycles. The van der Waals surface area contributed by atoms with E-state index >= 15 is 0 Å². The van der Waals surface area contributed by atoms with Crippen LogP contribution in [0.1, 0.15) is 17.5 Å². The van der Waals surface area contributed by atoms with Gasteiger partial charge in [0.15, 0.2) is 0 Å². The highest BCUT2D eigenvalue weighted by atomic mass is 35.5. The number of nitrogens with two attached hydrogens (primary N) is 1. The summed E-state index contributed by atoms with van der Waals surface area (Å²) in [7, 11) is 0. The topological polar surface area (TPSA) is 38.9 Å². The van der Waals surface area contributed by atoms with Gasteiger partial charge in [-0.25, -0.2) is 9.37 Å². The van der Waals surface area contributed by atoms with E-state index in [0.29, 0.717) is 22.1 Å². The molecule has 0 aliphatic heterocycles. The maximum Gasteiger partial charge on any atom is 0.134 e. The van der Waals surface area contributed by atoms with E-state index in [4.69, 9.17) is 17.3 Å². The van der Waals surface area contributed by atoms with Crippen molar-refractivity contribution >= 4 is 22.9 Å². The maximum atomic E-state index is 13.7. The summed E-state index contributed by atoms with van der Waals surface area (Å²) in [4.78, 5) is 5.39. The first kappa shape index (κ1) is 12.5. The number of aryl methyl sites for hydroxylation is 1. The summed E-state index contributed by atoms with van der Waals surface area (Å²) in [5.74, 6) is -0.350. The largest absolute Gasteiger partial charge is 0.326 e. The lowest BCUT2D eigenvalue weighted by atomic mass is 10.2. The van der Waals surface area contributed by atoms with Gasteiger partial charge in [0.25, 0.3) is 0 Å². The van der Waals surface area contributed by atoms with Crippen LogP contribution < -0.4 is 5.73 Å². The molecule has 0 amide bonds. The summed E-state index contributed by atoms with van der Waals surface area (Å²) in [6.07, 6.45) is 0.787. The number of hydrogen-bond acceptors (Lipinski definition) is 3. The Balaban J connectivity index is 2.57. The summed E-state index contributed by atoms with van der Waals surface area (Å²) < 4.78 is 13.7. The first-order chi connectivity index (χ1) is 8.17. The molecule has 0 spiro atoms. The summed E-state index contributed by atoms with van der Waals surface area (Å²) >= 11 is 7.41. The molecule has 0 aliphatic carbocycles.